The second kappa shape index (κ2) is 6.91. The van der Waals surface area contributed by atoms with Gasteiger partial charge in [0.2, 0.25) is 0 Å². The summed E-state index contributed by atoms with van der Waals surface area (Å²) in [5.74, 6) is -0.355. The van der Waals surface area contributed by atoms with Gasteiger partial charge in [0.1, 0.15) is 18.5 Å². The fourth-order valence-electron chi connectivity index (χ4n) is 2.22. The molecule has 0 radical (unpaired) electrons. The van der Waals surface area contributed by atoms with Gasteiger partial charge in [0, 0.05) is 11.8 Å². The Hall–Kier alpha value is -3.22. The first-order chi connectivity index (χ1) is 11.6. The number of ether oxygens (including phenoxy) is 2. The summed E-state index contributed by atoms with van der Waals surface area (Å²) in [4.78, 5) is 23.7. The first-order valence-electron chi connectivity index (χ1n) is 7.38. The van der Waals surface area contributed by atoms with Crippen LogP contribution in [0.1, 0.15) is 0 Å². The lowest BCUT2D eigenvalue weighted by molar-refractivity contribution is -0.136. The highest BCUT2D eigenvalue weighted by Gasteiger charge is 2.22. The largest absolute Gasteiger partial charge is 0.508 e. The van der Waals surface area contributed by atoms with E-state index in [1.54, 1.807) is 24.3 Å². The lowest BCUT2D eigenvalue weighted by Crippen LogP contribution is -2.44. The normalized spacial score (nSPS) is 15.4. The molecule has 1 atom stereocenters. The molecule has 124 valence electrons. The maximum absolute atomic E-state index is 11.8. The van der Waals surface area contributed by atoms with Crippen LogP contribution in [0.3, 0.4) is 0 Å². The third kappa shape index (κ3) is 3.75. The van der Waals surface area contributed by atoms with Gasteiger partial charge in [-0.1, -0.05) is 18.2 Å². The first-order valence-corrected chi connectivity index (χ1v) is 7.38. The number of fused-ring (bicyclic) bond motifs is 1. The second-order valence-corrected chi connectivity index (χ2v) is 5.21. The molecule has 0 aliphatic carbocycles. The Bertz CT molecular complexity index is 762. The average Bonchev–Trinajstić information content (AvgIpc) is 2.59. The molecular formula is C17H16N2O5. The van der Waals surface area contributed by atoms with Crippen molar-refractivity contribution in [2.45, 2.75) is 6.10 Å². The molecule has 1 heterocycles. The van der Waals surface area contributed by atoms with Gasteiger partial charge in [-0.25, -0.2) is 0 Å². The second-order valence-electron chi connectivity index (χ2n) is 5.21. The van der Waals surface area contributed by atoms with E-state index in [0.717, 1.165) is 0 Å². The van der Waals surface area contributed by atoms with E-state index in [1.807, 2.05) is 12.1 Å². The lowest BCUT2D eigenvalue weighted by atomic mass is 10.2. The number of para-hydroxylation sites is 2. The quantitative estimate of drug-likeness (QED) is 0.738. The van der Waals surface area contributed by atoms with Crippen LogP contribution >= 0.6 is 0 Å². The van der Waals surface area contributed by atoms with Crippen LogP contribution in [0.25, 0.3) is 0 Å². The van der Waals surface area contributed by atoms with Crippen molar-refractivity contribution < 1.29 is 24.2 Å². The zero-order valence-electron chi connectivity index (χ0n) is 12.7. The number of aromatic hydroxyl groups is 1. The summed E-state index contributed by atoms with van der Waals surface area (Å²) in [6, 6.07) is 13.2. The van der Waals surface area contributed by atoms with Crippen molar-refractivity contribution in [2.75, 3.05) is 18.5 Å². The number of hydrogen-bond donors (Lipinski definition) is 3. The predicted molar refractivity (Wildman–Crippen MR) is 86.1 cm³/mol. The SMILES string of the molecule is O=C(NC[C@@H]1COc2ccccc2O1)C(=O)Nc1cccc(O)c1. The monoisotopic (exact) mass is 328 g/mol. The summed E-state index contributed by atoms with van der Waals surface area (Å²) in [7, 11) is 0. The van der Waals surface area contributed by atoms with Crippen molar-refractivity contribution in [2.24, 2.45) is 0 Å². The standard InChI is InChI=1S/C17H16N2O5/c20-12-5-3-4-11(8-12)19-17(22)16(21)18-9-13-10-23-14-6-1-2-7-15(14)24-13/h1-8,13,20H,9-10H2,(H,18,21)(H,19,22)/t13-/m1/s1. The molecule has 0 saturated carbocycles. The number of phenolic OH excluding ortho intramolecular Hbond substituents is 1. The van der Waals surface area contributed by atoms with Gasteiger partial charge in [0.15, 0.2) is 11.5 Å². The van der Waals surface area contributed by atoms with Gasteiger partial charge in [0.25, 0.3) is 0 Å². The van der Waals surface area contributed by atoms with E-state index in [-0.39, 0.29) is 25.0 Å². The van der Waals surface area contributed by atoms with E-state index in [1.165, 1.54) is 12.1 Å². The maximum Gasteiger partial charge on any atom is 0.313 e. The average molecular weight is 328 g/mol. The Morgan fingerprint density at radius 1 is 1.08 bits per heavy atom. The minimum Gasteiger partial charge on any atom is -0.508 e. The van der Waals surface area contributed by atoms with Crippen LogP contribution in [-0.4, -0.2) is 36.2 Å². The summed E-state index contributed by atoms with van der Waals surface area (Å²) in [6.45, 7) is 0.423. The summed E-state index contributed by atoms with van der Waals surface area (Å²) >= 11 is 0. The highest BCUT2D eigenvalue weighted by molar-refractivity contribution is 6.39. The van der Waals surface area contributed by atoms with Crippen molar-refractivity contribution in [3.8, 4) is 17.2 Å². The van der Waals surface area contributed by atoms with Gasteiger partial charge in [-0.15, -0.1) is 0 Å². The summed E-state index contributed by atoms with van der Waals surface area (Å²) in [5, 5.41) is 14.2. The number of phenols is 1. The molecule has 1 aliphatic rings. The summed E-state index contributed by atoms with van der Waals surface area (Å²) in [5.41, 5.74) is 0.335. The van der Waals surface area contributed by atoms with Gasteiger partial charge in [-0.3, -0.25) is 9.59 Å². The number of anilines is 1. The van der Waals surface area contributed by atoms with E-state index in [0.29, 0.717) is 17.2 Å². The summed E-state index contributed by atoms with van der Waals surface area (Å²) < 4.78 is 11.2. The molecule has 3 N–H and O–H groups in total. The molecule has 2 amide bonds. The van der Waals surface area contributed by atoms with E-state index in [2.05, 4.69) is 10.6 Å². The molecule has 0 spiro atoms. The molecule has 7 heteroatoms. The molecule has 2 aromatic carbocycles. The van der Waals surface area contributed by atoms with Crippen molar-refractivity contribution >= 4 is 17.5 Å². The molecule has 0 aromatic heterocycles. The number of benzene rings is 2. The van der Waals surface area contributed by atoms with Crippen LogP contribution in [0.15, 0.2) is 48.5 Å². The van der Waals surface area contributed by atoms with Crippen molar-refractivity contribution in [3.05, 3.63) is 48.5 Å². The Labute approximate surface area is 138 Å². The lowest BCUT2D eigenvalue weighted by Gasteiger charge is -2.26. The number of rotatable bonds is 3. The van der Waals surface area contributed by atoms with Gasteiger partial charge >= 0.3 is 11.8 Å². The number of nitrogens with one attached hydrogen (secondary N) is 2. The number of amides is 2. The van der Waals surface area contributed by atoms with Crippen molar-refractivity contribution in [3.63, 3.8) is 0 Å². The van der Waals surface area contributed by atoms with E-state index in [4.69, 9.17) is 9.47 Å². The van der Waals surface area contributed by atoms with Gasteiger partial charge in [-0.2, -0.15) is 0 Å². The third-order valence-electron chi connectivity index (χ3n) is 3.37. The molecular weight excluding hydrogens is 312 g/mol. The Balaban J connectivity index is 1.50. The maximum atomic E-state index is 11.8. The molecule has 24 heavy (non-hydrogen) atoms. The fraction of sp³-hybridized carbons (Fsp3) is 0.176. The molecule has 1 aliphatic heterocycles. The van der Waals surface area contributed by atoms with Gasteiger partial charge in [0.05, 0.1) is 6.54 Å². The molecule has 0 bridgehead atoms. The molecule has 2 aromatic rings. The Morgan fingerprint density at radius 2 is 1.88 bits per heavy atom. The van der Waals surface area contributed by atoms with Crippen molar-refractivity contribution in [1.82, 2.24) is 5.32 Å². The van der Waals surface area contributed by atoms with Crippen LogP contribution < -0.4 is 20.1 Å². The Kier molecular flexibility index (Phi) is 4.51. The smallest absolute Gasteiger partial charge is 0.313 e. The van der Waals surface area contributed by atoms with E-state index >= 15 is 0 Å². The van der Waals surface area contributed by atoms with Crippen LogP contribution in [0.5, 0.6) is 17.2 Å². The zero-order valence-corrected chi connectivity index (χ0v) is 12.7. The molecule has 7 nitrogen and oxygen atoms in total. The molecule has 0 saturated heterocycles. The van der Waals surface area contributed by atoms with Crippen LogP contribution in [0.4, 0.5) is 5.69 Å². The first kappa shape index (κ1) is 15.7. The van der Waals surface area contributed by atoms with Gasteiger partial charge in [-0.05, 0) is 24.3 Å². The predicted octanol–water partition coefficient (Wildman–Crippen LogP) is 1.29. The third-order valence-corrected chi connectivity index (χ3v) is 3.37. The van der Waals surface area contributed by atoms with E-state index < -0.39 is 11.8 Å². The van der Waals surface area contributed by atoms with E-state index in [9.17, 15) is 14.7 Å². The molecule has 3 rings (SSSR count). The highest BCUT2D eigenvalue weighted by atomic mass is 16.6. The Morgan fingerprint density at radius 3 is 2.67 bits per heavy atom. The van der Waals surface area contributed by atoms with Crippen LogP contribution in [0, 0.1) is 0 Å². The van der Waals surface area contributed by atoms with Crippen molar-refractivity contribution in [1.29, 1.82) is 0 Å². The van der Waals surface area contributed by atoms with Crippen LogP contribution in [0.2, 0.25) is 0 Å². The zero-order chi connectivity index (χ0) is 16.9. The topological polar surface area (TPSA) is 96.9 Å². The highest BCUT2D eigenvalue weighted by Crippen LogP contribution is 2.30. The fourth-order valence-corrected chi connectivity index (χ4v) is 2.22. The van der Waals surface area contributed by atoms with Crippen LogP contribution in [-0.2, 0) is 9.59 Å². The number of carbonyl (C=O) groups excluding carboxylic acids is 2. The summed E-state index contributed by atoms with van der Waals surface area (Å²) in [6.07, 6.45) is -0.377. The number of carbonyl (C=O) groups is 2. The molecule has 0 fully saturated rings. The van der Waals surface area contributed by atoms with Gasteiger partial charge < -0.3 is 25.2 Å². The number of hydrogen-bond acceptors (Lipinski definition) is 5. The molecule has 0 unspecified atom stereocenters. The minimum absolute atomic E-state index is 0.000345. The minimum atomic E-state index is -0.822.